The molecule has 2 aromatic carbocycles. The van der Waals surface area contributed by atoms with Crippen molar-refractivity contribution in [1.82, 2.24) is 9.80 Å². The van der Waals surface area contributed by atoms with E-state index < -0.39 is 6.04 Å². The van der Waals surface area contributed by atoms with Gasteiger partial charge >= 0.3 is 0 Å². The third-order valence-corrected chi connectivity index (χ3v) is 8.33. The highest BCUT2D eigenvalue weighted by atomic mass is 35.5. The fourth-order valence-electron chi connectivity index (χ4n) is 5.74. The van der Waals surface area contributed by atoms with Crippen molar-refractivity contribution in [3.63, 3.8) is 0 Å². The lowest BCUT2D eigenvalue weighted by Crippen LogP contribution is -2.47. The van der Waals surface area contributed by atoms with Gasteiger partial charge in [-0.15, -0.1) is 0 Å². The predicted octanol–water partition coefficient (Wildman–Crippen LogP) is 5.93. The highest BCUT2D eigenvalue weighted by Gasteiger charge is 2.28. The van der Waals surface area contributed by atoms with E-state index in [1.54, 1.807) is 0 Å². The van der Waals surface area contributed by atoms with Crippen LogP contribution in [0.15, 0.2) is 42.5 Å². The van der Waals surface area contributed by atoms with Crippen LogP contribution in [0.5, 0.6) is 0 Å². The molecule has 2 N–H and O–H groups in total. The molecule has 2 heterocycles. The lowest BCUT2D eigenvalue weighted by molar-refractivity contribution is -0.133. The van der Waals surface area contributed by atoms with Crippen molar-refractivity contribution in [2.75, 3.05) is 32.7 Å². The number of nitrogens with zero attached hydrogens (tertiary/aromatic N) is 2. The number of benzene rings is 2. The Morgan fingerprint density at radius 1 is 0.971 bits per heavy atom. The number of hydrogen-bond donors (Lipinski definition) is 1. The maximum Gasteiger partial charge on any atom is 0.239 e. The molecule has 0 saturated carbocycles. The van der Waals surface area contributed by atoms with Crippen LogP contribution in [0.1, 0.15) is 61.6 Å². The van der Waals surface area contributed by atoms with Crippen LogP contribution in [0.2, 0.25) is 10.0 Å². The van der Waals surface area contributed by atoms with E-state index in [1.165, 1.54) is 50.0 Å². The normalized spacial score (nSPS) is 19.1. The first-order chi connectivity index (χ1) is 16.9. The van der Waals surface area contributed by atoms with Crippen molar-refractivity contribution >= 4 is 29.1 Å². The summed E-state index contributed by atoms with van der Waals surface area (Å²) in [5.74, 6) is 1.16. The van der Waals surface area contributed by atoms with E-state index in [9.17, 15) is 4.79 Å². The highest BCUT2D eigenvalue weighted by molar-refractivity contribution is 6.30. The highest BCUT2D eigenvalue weighted by Crippen LogP contribution is 2.34. The van der Waals surface area contributed by atoms with E-state index in [-0.39, 0.29) is 5.91 Å². The predicted molar refractivity (Wildman–Crippen MR) is 146 cm³/mol. The number of halogens is 2. The number of nitrogens with two attached hydrogens (primary N) is 1. The summed E-state index contributed by atoms with van der Waals surface area (Å²) in [6, 6.07) is 13.5. The van der Waals surface area contributed by atoms with Crippen molar-refractivity contribution < 1.29 is 4.79 Å². The molecule has 2 saturated heterocycles. The Kier molecular flexibility index (Phi) is 9.52. The smallest absolute Gasteiger partial charge is 0.239 e. The molecular formula is C29H39Cl2N3O. The first-order valence-electron chi connectivity index (χ1n) is 13.2. The zero-order valence-electron chi connectivity index (χ0n) is 20.9. The zero-order valence-corrected chi connectivity index (χ0v) is 22.4. The summed E-state index contributed by atoms with van der Waals surface area (Å²) < 4.78 is 0. The van der Waals surface area contributed by atoms with Gasteiger partial charge in [-0.05, 0) is 104 Å². The molecule has 0 aromatic heterocycles. The minimum absolute atomic E-state index is 0.0476. The van der Waals surface area contributed by atoms with Crippen LogP contribution in [-0.4, -0.2) is 54.5 Å². The van der Waals surface area contributed by atoms with Gasteiger partial charge in [0, 0.05) is 29.7 Å². The Morgan fingerprint density at radius 3 is 2.29 bits per heavy atom. The molecule has 2 aromatic rings. The average Bonchev–Trinajstić information content (AvgIpc) is 3.38. The summed E-state index contributed by atoms with van der Waals surface area (Å²) >= 11 is 12.4. The van der Waals surface area contributed by atoms with Crippen LogP contribution in [0.25, 0.3) is 0 Å². The third-order valence-electron chi connectivity index (χ3n) is 7.84. The Balaban J connectivity index is 1.36. The average molecular weight is 517 g/mol. The zero-order chi connectivity index (χ0) is 24.8. The maximum atomic E-state index is 13.0. The Bertz CT molecular complexity index is 966. The van der Waals surface area contributed by atoms with Gasteiger partial charge in [-0.25, -0.2) is 0 Å². The van der Waals surface area contributed by atoms with E-state index >= 15 is 0 Å². The second kappa shape index (κ2) is 12.6. The van der Waals surface area contributed by atoms with Crippen molar-refractivity contribution in [1.29, 1.82) is 0 Å². The molecule has 35 heavy (non-hydrogen) atoms. The van der Waals surface area contributed by atoms with Crippen molar-refractivity contribution in [3.05, 3.63) is 69.2 Å². The van der Waals surface area contributed by atoms with Crippen LogP contribution in [0, 0.1) is 5.92 Å². The minimum atomic E-state index is -0.519. The standard InChI is InChI=1S/C29H39Cl2N3O/c1-2-21(20-33-13-3-4-14-33)17-24-19-26(31)9-10-27(24)23-11-15-34(16-12-23)29(35)28(32)18-22-5-7-25(30)8-6-22/h5-10,19,21,23,28H,2-4,11-18,20,32H2,1H3/t21-,28-/m1/s1. The summed E-state index contributed by atoms with van der Waals surface area (Å²) in [4.78, 5) is 17.6. The molecule has 4 rings (SSSR count). The largest absolute Gasteiger partial charge is 0.341 e. The Morgan fingerprint density at radius 2 is 1.63 bits per heavy atom. The van der Waals surface area contributed by atoms with Crippen molar-refractivity contribution in [2.24, 2.45) is 11.7 Å². The fraction of sp³-hybridized carbons (Fsp3) is 0.552. The number of carbonyl (C=O) groups is 1. The van der Waals surface area contributed by atoms with Gasteiger partial charge < -0.3 is 15.5 Å². The number of amides is 1. The van der Waals surface area contributed by atoms with E-state index in [2.05, 4.69) is 24.0 Å². The van der Waals surface area contributed by atoms with Crippen LogP contribution >= 0.6 is 23.2 Å². The summed E-state index contributed by atoms with van der Waals surface area (Å²) in [5.41, 5.74) is 10.2. The van der Waals surface area contributed by atoms with Gasteiger partial charge in [-0.2, -0.15) is 0 Å². The van der Waals surface area contributed by atoms with Gasteiger partial charge in [0.05, 0.1) is 6.04 Å². The molecule has 0 unspecified atom stereocenters. The molecule has 2 atom stereocenters. The van der Waals surface area contributed by atoms with Gasteiger partial charge in [-0.3, -0.25) is 4.79 Å². The number of likely N-dealkylation sites (tertiary alicyclic amines) is 2. The second-order valence-electron chi connectivity index (χ2n) is 10.4. The minimum Gasteiger partial charge on any atom is -0.341 e. The van der Waals surface area contributed by atoms with Gasteiger partial charge in [0.15, 0.2) is 0 Å². The number of hydrogen-bond acceptors (Lipinski definition) is 3. The molecule has 0 radical (unpaired) electrons. The van der Waals surface area contributed by atoms with Gasteiger partial charge in [0.2, 0.25) is 5.91 Å². The Hall–Kier alpha value is -1.59. The molecule has 190 valence electrons. The van der Waals surface area contributed by atoms with Gasteiger partial charge in [0.25, 0.3) is 0 Å². The third kappa shape index (κ3) is 7.22. The molecule has 1 amide bonds. The number of carbonyl (C=O) groups excluding carboxylic acids is 1. The lowest BCUT2D eigenvalue weighted by Gasteiger charge is -2.35. The number of piperidine rings is 1. The van der Waals surface area contributed by atoms with E-state index in [1.807, 2.05) is 35.2 Å². The summed E-state index contributed by atoms with van der Waals surface area (Å²) in [6.07, 6.45) is 7.40. The second-order valence-corrected chi connectivity index (χ2v) is 11.2. The number of rotatable bonds is 9. The van der Waals surface area contributed by atoms with E-state index in [0.717, 1.165) is 42.9 Å². The van der Waals surface area contributed by atoms with Crippen LogP contribution in [0.3, 0.4) is 0 Å². The summed E-state index contributed by atoms with van der Waals surface area (Å²) in [5, 5.41) is 1.51. The van der Waals surface area contributed by atoms with Crippen LogP contribution < -0.4 is 5.73 Å². The SMILES string of the molecule is CC[C@H](Cc1cc(Cl)ccc1C1CCN(C(=O)[C@H](N)Cc2ccc(Cl)cc2)CC1)CN1CCCC1. The van der Waals surface area contributed by atoms with Crippen LogP contribution in [-0.2, 0) is 17.6 Å². The molecular weight excluding hydrogens is 477 g/mol. The first-order valence-corrected chi connectivity index (χ1v) is 14.0. The van der Waals surface area contributed by atoms with Gasteiger partial charge in [-0.1, -0.05) is 54.7 Å². The lowest BCUT2D eigenvalue weighted by atomic mass is 9.83. The Labute approximate surface area is 220 Å². The molecule has 2 aliphatic heterocycles. The molecule has 0 bridgehead atoms. The molecule has 2 fully saturated rings. The molecule has 0 spiro atoms. The molecule has 2 aliphatic rings. The summed E-state index contributed by atoms with van der Waals surface area (Å²) in [7, 11) is 0. The van der Waals surface area contributed by atoms with E-state index in [0.29, 0.717) is 23.3 Å². The quantitative estimate of drug-likeness (QED) is 0.449. The monoisotopic (exact) mass is 515 g/mol. The van der Waals surface area contributed by atoms with Crippen molar-refractivity contribution in [2.45, 2.75) is 63.8 Å². The molecule has 4 nitrogen and oxygen atoms in total. The van der Waals surface area contributed by atoms with Crippen molar-refractivity contribution in [3.8, 4) is 0 Å². The van der Waals surface area contributed by atoms with Crippen LogP contribution in [0.4, 0.5) is 0 Å². The summed E-state index contributed by atoms with van der Waals surface area (Å²) in [6.45, 7) is 7.48. The fourth-order valence-corrected chi connectivity index (χ4v) is 6.06. The maximum absolute atomic E-state index is 13.0. The topological polar surface area (TPSA) is 49.6 Å². The first kappa shape index (κ1) is 26.5. The molecule has 0 aliphatic carbocycles. The van der Waals surface area contributed by atoms with E-state index in [4.69, 9.17) is 28.9 Å². The van der Waals surface area contributed by atoms with Gasteiger partial charge in [0.1, 0.15) is 0 Å². The molecule has 6 heteroatoms.